The summed E-state index contributed by atoms with van der Waals surface area (Å²) >= 11 is 6.73. The van der Waals surface area contributed by atoms with Crippen molar-refractivity contribution < 1.29 is 4.79 Å². The lowest BCUT2D eigenvalue weighted by molar-refractivity contribution is -0.120. The number of thiophene rings is 1. The van der Waals surface area contributed by atoms with Gasteiger partial charge >= 0.3 is 0 Å². The summed E-state index contributed by atoms with van der Waals surface area (Å²) in [5.41, 5.74) is 1.25. The van der Waals surface area contributed by atoms with E-state index >= 15 is 0 Å². The topological polar surface area (TPSA) is 29.1 Å². The highest BCUT2D eigenvalue weighted by Gasteiger charge is 2.13. The molecule has 0 aliphatic rings. The van der Waals surface area contributed by atoms with Crippen LogP contribution in [0.5, 0.6) is 0 Å². The van der Waals surface area contributed by atoms with E-state index in [-0.39, 0.29) is 11.2 Å². The second-order valence-electron chi connectivity index (χ2n) is 4.36. The van der Waals surface area contributed by atoms with Crippen LogP contribution in [0, 0.1) is 0 Å². The summed E-state index contributed by atoms with van der Waals surface area (Å²) in [4.78, 5) is 13.2. The van der Waals surface area contributed by atoms with Crippen molar-refractivity contribution in [2.75, 3.05) is 0 Å². The van der Waals surface area contributed by atoms with Crippen molar-refractivity contribution in [1.29, 1.82) is 0 Å². The van der Waals surface area contributed by atoms with Crippen LogP contribution >= 0.6 is 39.0 Å². The van der Waals surface area contributed by atoms with Gasteiger partial charge in [-0.3, -0.25) is 4.79 Å². The van der Waals surface area contributed by atoms with E-state index in [1.807, 2.05) is 37.3 Å². The Morgan fingerprint density at radius 3 is 2.70 bits per heavy atom. The SMILES string of the molecule is C[C@H](SCc1ccccc1)C(=O)NCc1ccc(Br)s1. The molecule has 2 rings (SSSR count). The van der Waals surface area contributed by atoms with E-state index in [1.54, 1.807) is 23.1 Å². The van der Waals surface area contributed by atoms with E-state index in [1.165, 1.54) is 5.56 Å². The smallest absolute Gasteiger partial charge is 0.233 e. The van der Waals surface area contributed by atoms with Crippen molar-refractivity contribution in [2.45, 2.75) is 24.5 Å². The standard InChI is InChI=1S/C15H16BrNOS2/c1-11(19-10-12-5-3-2-4-6-12)15(18)17-9-13-7-8-14(16)20-13/h2-8,11H,9-10H2,1H3,(H,17,18)/t11-/m0/s1. The Morgan fingerprint density at radius 2 is 2.05 bits per heavy atom. The fraction of sp³-hybridized carbons (Fsp3) is 0.267. The predicted octanol–water partition coefficient (Wildman–Crippen LogP) is 4.45. The van der Waals surface area contributed by atoms with Gasteiger partial charge in [0.15, 0.2) is 0 Å². The summed E-state index contributed by atoms with van der Waals surface area (Å²) in [6.45, 7) is 2.55. The van der Waals surface area contributed by atoms with E-state index in [0.29, 0.717) is 6.54 Å². The average Bonchev–Trinajstić information content (AvgIpc) is 2.89. The number of carbonyl (C=O) groups excluding carboxylic acids is 1. The van der Waals surface area contributed by atoms with Gasteiger partial charge in [0.2, 0.25) is 5.91 Å². The zero-order chi connectivity index (χ0) is 14.4. The van der Waals surface area contributed by atoms with E-state index in [9.17, 15) is 4.79 Å². The van der Waals surface area contributed by atoms with Crippen molar-refractivity contribution in [3.05, 3.63) is 56.7 Å². The van der Waals surface area contributed by atoms with Crippen molar-refractivity contribution in [2.24, 2.45) is 0 Å². The summed E-state index contributed by atoms with van der Waals surface area (Å²) in [5.74, 6) is 0.954. The first-order valence-electron chi connectivity index (χ1n) is 6.32. The summed E-state index contributed by atoms with van der Waals surface area (Å²) in [6, 6.07) is 14.2. The first-order valence-corrected chi connectivity index (χ1v) is 8.98. The highest BCUT2D eigenvalue weighted by atomic mass is 79.9. The maximum atomic E-state index is 12.0. The van der Waals surface area contributed by atoms with Crippen LogP contribution in [0.2, 0.25) is 0 Å². The van der Waals surface area contributed by atoms with E-state index in [4.69, 9.17) is 0 Å². The van der Waals surface area contributed by atoms with Crippen molar-refractivity contribution in [3.63, 3.8) is 0 Å². The molecule has 0 bridgehead atoms. The number of hydrogen-bond donors (Lipinski definition) is 1. The number of carbonyl (C=O) groups is 1. The number of benzene rings is 1. The molecule has 0 fully saturated rings. The second kappa shape index (κ2) is 7.86. The minimum atomic E-state index is -0.0430. The molecule has 1 aromatic heterocycles. The lowest BCUT2D eigenvalue weighted by atomic mass is 10.2. The van der Waals surface area contributed by atoms with E-state index in [2.05, 4.69) is 33.4 Å². The molecule has 1 atom stereocenters. The van der Waals surface area contributed by atoms with Crippen LogP contribution < -0.4 is 5.32 Å². The van der Waals surface area contributed by atoms with E-state index < -0.39 is 0 Å². The molecule has 1 aromatic carbocycles. The van der Waals surface area contributed by atoms with Crippen LogP contribution in [0.25, 0.3) is 0 Å². The lowest BCUT2D eigenvalue weighted by Crippen LogP contribution is -2.30. The molecule has 1 N–H and O–H groups in total. The number of nitrogens with one attached hydrogen (secondary N) is 1. The molecule has 2 nitrogen and oxygen atoms in total. The number of halogens is 1. The molecule has 0 saturated heterocycles. The van der Waals surface area contributed by atoms with Crippen LogP contribution in [0.3, 0.4) is 0 Å². The molecule has 20 heavy (non-hydrogen) atoms. The van der Waals surface area contributed by atoms with Gasteiger partial charge in [-0.1, -0.05) is 30.3 Å². The third-order valence-electron chi connectivity index (χ3n) is 2.78. The molecule has 1 heterocycles. The van der Waals surface area contributed by atoms with Crippen LogP contribution in [0.1, 0.15) is 17.4 Å². The van der Waals surface area contributed by atoms with Crippen LogP contribution in [0.4, 0.5) is 0 Å². The van der Waals surface area contributed by atoms with Gasteiger partial charge in [0.1, 0.15) is 0 Å². The molecule has 1 amide bonds. The minimum Gasteiger partial charge on any atom is -0.350 e. The molecule has 0 unspecified atom stereocenters. The Bertz CT molecular complexity index is 556. The Morgan fingerprint density at radius 1 is 1.30 bits per heavy atom. The quantitative estimate of drug-likeness (QED) is 0.814. The van der Waals surface area contributed by atoms with Gasteiger partial charge in [-0.05, 0) is 40.5 Å². The van der Waals surface area contributed by atoms with Crippen molar-refractivity contribution in [3.8, 4) is 0 Å². The molecule has 0 aliphatic heterocycles. The molecular weight excluding hydrogens is 354 g/mol. The lowest BCUT2D eigenvalue weighted by Gasteiger charge is -2.11. The first-order chi connectivity index (χ1) is 9.65. The second-order valence-corrected chi connectivity index (χ2v) is 8.24. The van der Waals surface area contributed by atoms with Gasteiger partial charge in [-0.15, -0.1) is 23.1 Å². The normalized spacial score (nSPS) is 12.1. The summed E-state index contributed by atoms with van der Waals surface area (Å²) < 4.78 is 1.09. The Labute approximate surface area is 136 Å². The van der Waals surface area contributed by atoms with Crippen LogP contribution in [-0.4, -0.2) is 11.2 Å². The van der Waals surface area contributed by atoms with E-state index in [0.717, 1.165) is 14.4 Å². The zero-order valence-corrected chi connectivity index (χ0v) is 14.4. The predicted molar refractivity (Wildman–Crippen MR) is 91.1 cm³/mol. The number of thioether (sulfide) groups is 1. The maximum Gasteiger partial charge on any atom is 0.233 e. The fourth-order valence-electron chi connectivity index (χ4n) is 1.64. The Balaban J connectivity index is 1.74. The minimum absolute atomic E-state index is 0.0430. The number of rotatable bonds is 6. The average molecular weight is 370 g/mol. The molecule has 106 valence electrons. The molecule has 0 spiro atoms. The Hall–Kier alpha value is -0.780. The van der Waals surface area contributed by atoms with Gasteiger partial charge in [0, 0.05) is 10.6 Å². The highest BCUT2D eigenvalue weighted by molar-refractivity contribution is 9.11. The molecule has 0 aliphatic carbocycles. The van der Waals surface area contributed by atoms with Crippen LogP contribution in [0.15, 0.2) is 46.3 Å². The molecule has 0 radical (unpaired) electrons. The van der Waals surface area contributed by atoms with Gasteiger partial charge in [-0.2, -0.15) is 0 Å². The summed E-state index contributed by atoms with van der Waals surface area (Å²) in [7, 11) is 0. The van der Waals surface area contributed by atoms with Crippen molar-refractivity contribution in [1.82, 2.24) is 5.32 Å². The molecule has 0 saturated carbocycles. The monoisotopic (exact) mass is 369 g/mol. The number of hydrogen-bond acceptors (Lipinski definition) is 3. The van der Waals surface area contributed by atoms with Gasteiger partial charge in [0.05, 0.1) is 15.6 Å². The maximum absolute atomic E-state index is 12.0. The van der Waals surface area contributed by atoms with Gasteiger partial charge in [-0.25, -0.2) is 0 Å². The fourth-order valence-corrected chi connectivity index (χ4v) is 3.93. The number of amides is 1. The van der Waals surface area contributed by atoms with Crippen LogP contribution in [-0.2, 0) is 17.1 Å². The Kier molecular flexibility index (Phi) is 6.13. The highest BCUT2D eigenvalue weighted by Crippen LogP contribution is 2.22. The van der Waals surface area contributed by atoms with Gasteiger partial charge in [0.25, 0.3) is 0 Å². The largest absolute Gasteiger partial charge is 0.350 e. The molecular formula is C15H16BrNOS2. The zero-order valence-electron chi connectivity index (χ0n) is 11.1. The third kappa shape index (κ3) is 4.96. The molecule has 2 aromatic rings. The summed E-state index contributed by atoms with van der Waals surface area (Å²) in [6.07, 6.45) is 0. The first kappa shape index (κ1) is 15.6. The molecule has 5 heteroatoms. The third-order valence-corrected chi connectivity index (χ3v) is 5.62. The van der Waals surface area contributed by atoms with Gasteiger partial charge < -0.3 is 5.32 Å². The summed E-state index contributed by atoms with van der Waals surface area (Å²) in [5, 5.41) is 2.94. The van der Waals surface area contributed by atoms with Crippen molar-refractivity contribution >= 4 is 44.9 Å².